The van der Waals surface area contributed by atoms with E-state index in [1.807, 2.05) is 36.4 Å². The minimum absolute atomic E-state index is 0.190. The van der Waals surface area contributed by atoms with E-state index in [-0.39, 0.29) is 11.6 Å². The van der Waals surface area contributed by atoms with Crippen molar-refractivity contribution in [2.75, 3.05) is 50.7 Å². The fraction of sp³-hybridized carbons (Fsp3) is 0.278. The summed E-state index contributed by atoms with van der Waals surface area (Å²) in [5, 5.41) is 4.15. The van der Waals surface area contributed by atoms with Gasteiger partial charge in [-0.15, -0.1) is 0 Å². The Morgan fingerprint density at radius 3 is 2.51 bits per heavy atom. The van der Waals surface area contributed by atoms with Crippen LogP contribution in [0.5, 0.6) is 11.5 Å². The lowest BCUT2D eigenvalue weighted by molar-refractivity contribution is -0.113. The molecule has 3 aromatic carbocycles. The van der Waals surface area contributed by atoms with Gasteiger partial charge in [0.15, 0.2) is 23.1 Å². The first-order valence-corrected chi connectivity index (χ1v) is 15.1. The van der Waals surface area contributed by atoms with Gasteiger partial charge in [-0.05, 0) is 73.2 Å². The van der Waals surface area contributed by atoms with E-state index in [9.17, 15) is 9.59 Å². The molecule has 0 saturated carbocycles. The second-order valence-corrected chi connectivity index (χ2v) is 11.2. The summed E-state index contributed by atoms with van der Waals surface area (Å²) in [6.07, 6.45) is 8.75. The zero-order valence-corrected chi connectivity index (χ0v) is 25.5. The van der Waals surface area contributed by atoms with E-state index in [2.05, 4.69) is 44.5 Å². The highest BCUT2D eigenvalue weighted by Gasteiger charge is 2.25. The van der Waals surface area contributed by atoms with E-state index in [1.165, 1.54) is 30.1 Å². The lowest BCUT2D eigenvalue weighted by atomic mass is 9.88. The van der Waals surface area contributed by atoms with Gasteiger partial charge < -0.3 is 24.4 Å². The number of carbonyl (C=O) groups excluding carboxylic acids is 2. The average molecular weight is 605 g/mol. The highest BCUT2D eigenvalue weighted by Crippen LogP contribution is 2.38. The van der Waals surface area contributed by atoms with E-state index >= 15 is 0 Å². The van der Waals surface area contributed by atoms with Crippen molar-refractivity contribution < 1.29 is 23.8 Å². The number of nitrogens with zero attached hydrogens (tertiary/aromatic N) is 3. The van der Waals surface area contributed by atoms with Gasteiger partial charge in [0, 0.05) is 54.2 Å². The molecule has 230 valence electrons. The number of fused-ring (bicyclic) bond motifs is 1. The quantitative estimate of drug-likeness (QED) is 0.164. The van der Waals surface area contributed by atoms with E-state index in [1.54, 1.807) is 14.2 Å². The number of benzene rings is 3. The maximum absolute atomic E-state index is 13.1. The number of anilines is 3. The summed E-state index contributed by atoms with van der Waals surface area (Å²) in [6.45, 7) is 2.56. The number of nitrogens with one attached hydrogen (secondary N) is 1. The van der Waals surface area contributed by atoms with Gasteiger partial charge in [0.1, 0.15) is 18.8 Å². The number of hydrogen-bond donors (Lipinski definition) is 1. The van der Waals surface area contributed by atoms with Crippen molar-refractivity contribution in [3.8, 4) is 11.5 Å². The lowest BCUT2D eigenvalue weighted by Crippen LogP contribution is -2.35. The maximum atomic E-state index is 13.1. The molecule has 0 spiro atoms. The normalized spacial score (nSPS) is 15.3. The molecule has 2 heterocycles. The van der Waals surface area contributed by atoms with Gasteiger partial charge in [-0.2, -0.15) is 0 Å². The number of carbonyl (C=O) groups is 2. The fourth-order valence-electron chi connectivity index (χ4n) is 5.96. The summed E-state index contributed by atoms with van der Waals surface area (Å²) in [5.74, 6) is 1.89. The van der Waals surface area contributed by atoms with Crippen molar-refractivity contribution in [3.63, 3.8) is 0 Å². The lowest BCUT2D eigenvalue weighted by Gasteiger charge is -2.35. The van der Waals surface area contributed by atoms with Crippen molar-refractivity contribution in [3.05, 3.63) is 96.3 Å². The molecule has 2 aliphatic rings. The number of piperidine rings is 1. The molecule has 1 aliphatic carbocycles. The molecule has 0 atom stereocenters. The molecule has 1 fully saturated rings. The van der Waals surface area contributed by atoms with Gasteiger partial charge in [0.05, 0.1) is 19.2 Å². The van der Waals surface area contributed by atoms with E-state index in [0.717, 1.165) is 49.1 Å². The van der Waals surface area contributed by atoms with Crippen molar-refractivity contribution in [1.29, 1.82) is 0 Å². The van der Waals surface area contributed by atoms with E-state index in [4.69, 9.17) is 14.2 Å². The average Bonchev–Trinajstić information content (AvgIpc) is 3.07. The monoisotopic (exact) mass is 604 g/mol. The topological polar surface area (TPSA) is 103 Å². The number of ketones is 2. The number of ether oxygens (including phenoxy) is 3. The van der Waals surface area contributed by atoms with Crippen LogP contribution in [0.4, 0.5) is 17.2 Å². The molecule has 0 radical (unpaired) electrons. The third kappa shape index (κ3) is 6.89. The number of methoxy groups -OCH3 is 2. The van der Waals surface area contributed by atoms with Crippen molar-refractivity contribution in [1.82, 2.24) is 9.97 Å². The first-order valence-electron chi connectivity index (χ1n) is 15.1. The van der Waals surface area contributed by atoms with Crippen LogP contribution in [0.1, 0.15) is 24.0 Å². The maximum Gasteiger partial charge on any atom is 0.186 e. The second kappa shape index (κ2) is 13.7. The Morgan fingerprint density at radius 2 is 1.73 bits per heavy atom. The molecule has 1 aromatic heterocycles. The number of hydrogen-bond acceptors (Lipinski definition) is 9. The van der Waals surface area contributed by atoms with Crippen LogP contribution < -0.4 is 19.7 Å². The minimum Gasteiger partial charge on any atom is -0.493 e. The first kappa shape index (κ1) is 30.0. The molecule has 4 aromatic rings. The minimum atomic E-state index is -0.201. The SMILES string of the molecule is COCCOc1cc2ncnc(Nc3ccc(N4CCC(Cc5ccccc5)CC4)c(C4=CC(=O)C=CC4=O)c3)c2cc1OC. The Balaban J connectivity index is 1.29. The van der Waals surface area contributed by atoms with E-state index < -0.39 is 0 Å². The molecular weight excluding hydrogens is 568 g/mol. The van der Waals surface area contributed by atoms with Gasteiger partial charge in [0.25, 0.3) is 0 Å². The van der Waals surface area contributed by atoms with Crippen LogP contribution in [-0.4, -0.2) is 62.1 Å². The smallest absolute Gasteiger partial charge is 0.186 e. The van der Waals surface area contributed by atoms with Crippen LogP contribution in [0.25, 0.3) is 16.5 Å². The highest BCUT2D eigenvalue weighted by molar-refractivity contribution is 6.34. The summed E-state index contributed by atoms with van der Waals surface area (Å²) >= 11 is 0. The molecule has 0 bridgehead atoms. The number of aromatic nitrogens is 2. The van der Waals surface area contributed by atoms with Gasteiger partial charge in [0.2, 0.25) is 0 Å². The molecule has 1 N–H and O–H groups in total. The number of allylic oxidation sites excluding steroid dienone is 4. The molecule has 1 saturated heterocycles. The second-order valence-electron chi connectivity index (χ2n) is 11.2. The zero-order valence-electron chi connectivity index (χ0n) is 25.5. The molecule has 6 rings (SSSR count). The predicted molar refractivity (Wildman–Crippen MR) is 175 cm³/mol. The van der Waals surface area contributed by atoms with Crippen molar-refractivity contribution in [2.45, 2.75) is 19.3 Å². The van der Waals surface area contributed by atoms with Crippen LogP contribution >= 0.6 is 0 Å². The van der Waals surface area contributed by atoms with Crippen molar-refractivity contribution in [2.24, 2.45) is 5.92 Å². The van der Waals surface area contributed by atoms with Gasteiger partial charge in [-0.25, -0.2) is 9.97 Å². The summed E-state index contributed by atoms with van der Waals surface area (Å²) in [5.41, 5.74) is 4.81. The molecular formula is C36H36N4O5. The van der Waals surface area contributed by atoms with Crippen LogP contribution in [0.3, 0.4) is 0 Å². The summed E-state index contributed by atoms with van der Waals surface area (Å²) in [4.78, 5) is 36.7. The van der Waals surface area contributed by atoms with Gasteiger partial charge in [-0.1, -0.05) is 30.3 Å². The summed E-state index contributed by atoms with van der Waals surface area (Å²) < 4.78 is 16.5. The predicted octanol–water partition coefficient (Wildman–Crippen LogP) is 5.96. The fourth-order valence-corrected chi connectivity index (χ4v) is 5.96. The van der Waals surface area contributed by atoms with Gasteiger partial charge >= 0.3 is 0 Å². The molecule has 0 unspecified atom stereocenters. The van der Waals surface area contributed by atoms with Crippen LogP contribution in [0.15, 0.2) is 85.2 Å². The van der Waals surface area contributed by atoms with Crippen LogP contribution in [-0.2, 0) is 20.7 Å². The molecule has 9 heteroatoms. The standard InChI is InChI=1S/C36H36N4O5/c1-43-16-17-45-35-22-31-30(21-34(35)44-2)36(38-23-37-31)39-26-8-10-32(28(19-26)29-20-27(41)9-11-33(29)42)40-14-12-25(13-15-40)18-24-6-4-3-5-7-24/h3-11,19-23,25H,12-18H2,1-2H3,(H,37,38,39). The van der Waals surface area contributed by atoms with Crippen LogP contribution in [0.2, 0.25) is 0 Å². The molecule has 9 nitrogen and oxygen atoms in total. The zero-order chi connectivity index (χ0) is 31.2. The van der Waals surface area contributed by atoms with Crippen molar-refractivity contribution >= 4 is 45.2 Å². The molecule has 0 amide bonds. The van der Waals surface area contributed by atoms with E-state index in [0.29, 0.717) is 53.1 Å². The summed E-state index contributed by atoms with van der Waals surface area (Å²) in [7, 11) is 3.20. The first-order chi connectivity index (χ1) is 22.0. The summed E-state index contributed by atoms with van der Waals surface area (Å²) in [6, 6.07) is 20.2. The molecule has 1 aliphatic heterocycles. The van der Waals surface area contributed by atoms with Gasteiger partial charge in [-0.3, -0.25) is 9.59 Å². The third-order valence-electron chi connectivity index (χ3n) is 8.29. The Kier molecular flexibility index (Phi) is 9.17. The number of rotatable bonds is 11. The van der Waals surface area contributed by atoms with Crippen LogP contribution in [0, 0.1) is 5.92 Å². The molecule has 45 heavy (non-hydrogen) atoms. The third-order valence-corrected chi connectivity index (χ3v) is 8.29. The Hall–Kier alpha value is -5.02. The largest absolute Gasteiger partial charge is 0.493 e. The highest BCUT2D eigenvalue weighted by atomic mass is 16.5. The Labute approximate surface area is 262 Å². The Bertz CT molecular complexity index is 1760. The Morgan fingerprint density at radius 1 is 0.911 bits per heavy atom.